The van der Waals surface area contributed by atoms with Gasteiger partial charge in [0.2, 0.25) is 0 Å². The van der Waals surface area contributed by atoms with Gasteiger partial charge in [-0.3, -0.25) is 14.7 Å². The number of carbonyl (C=O) groups excluding carboxylic acids is 1. The first-order valence-corrected chi connectivity index (χ1v) is 11.8. The van der Waals surface area contributed by atoms with E-state index in [-0.39, 0.29) is 23.6 Å². The quantitative estimate of drug-likeness (QED) is 0.430. The molecule has 2 aliphatic heterocycles. The van der Waals surface area contributed by atoms with E-state index in [1.54, 1.807) is 24.4 Å². The molecule has 2 bridgehead atoms. The number of benzene rings is 1. The van der Waals surface area contributed by atoms with Crippen LogP contribution in [0.15, 0.2) is 67.0 Å². The van der Waals surface area contributed by atoms with Gasteiger partial charge < -0.3 is 9.30 Å². The molecular weight excluding hydrogens is 453 g/mol. The lowest BCUT2D eigenvalue weighted by molar-refractivity contribution is 0.0398. The molecule has 4 aromatic rings. The second-order valence-electron chi connectivity index (χ2n) is 8.97. The Morgan fingerprint density at radius 2 is 1.79 bits per heavy atom. The highest BCUT2D eigenvalue weighted by atomic mass is 35.5. The Morgan fingerprint density at radius 3 is 2.53 bits per heavy atom. The van der Waals surface area contributed by atoms with Gasteiger partial charge in [-0.1, -0.05) is 29.8 Å². The number of nitrogens with zero attached hydrogens (tertiary/aromatic N) is 5. The fourth-order valence-corrected chi connectivity index (χ4v) is 5.47. The largest absolute Gasteiger partial charge is 0.330 e. The first-order valence-electron chi connectivity index (χ1n) is 11.5. The highest BCUT2D eigenvalue weighted by molar-refractivity contribution is 6.30. The van der Waals surface area contributed by atoms with Gasteiger partial charge in [0.1, 0.15) is 17.2 Å². The van der Waals surface area contributed by atoms with Gasteiger partial charge in [-0.05, 0) is 49.2 Å². The van der Waals surface area contributed by atoms with Gasteiger partial charge in [-0.15, -0.1) is 0 Å². The zero-order valence-electron chi connectivity index (χ0n) is 18.4. The van der Waals surface area contributed by atoms with Crippen LogP contribution >= 0.6 is 11.6 Å². The van der Waals surface area contributed by atoms with Crippen LogP contribution in [-0.4, -0.2) is 55.2 Å². The maximum absolute atomic E-state index is 14.3. The number of piperazine rings is 1. The second kappa shape index (κ2) is 8.49. The zero-order chi connectivity index (χ0) is 23.2. The minimum atomic E-state index is -0.458. The van der Waals surface area contributed by atoms with Gasteiger partial charge in [-0.25, -0.2) is 9.37 Å². The average Bonchev–Trinajstić information content (AvgIpc) is 3.34. The van der Waals surface area contributed by atoms with Crippen LogP contribution in [0.1, 0.15) is 28.9 Å². The van der Waals surface area contributed by atoms with Crippen molar-refractivity contribution < 1.29 is 9.18 Å². The standard InChI is InChI=1S/C26H23ClFN5O/c27-17-8-11-22(29-13-17)25-23(32-12-4-3-7-24(32)30-25)16-31-14-18-9-10-19(15-31)33(18)26(34)20-5-1-2-6-21(20)28/h1-8,11-13,18-19H,9-10,14-16H2. The molecule has 2 aliphatic rings. The van der Waals surface area contributed by atoms with Crippen LogP contribution in [0.5, 0.6) is 0 Å². The number of halogens is 2. The van der Waals surface area contributed by atoms with Crippen molar-refractivity contribution >= 4 is 23.2 Å². The number of amides is 1. The van der Waals surface area contributed by atoms with E-state index < -0.39 is 5.82 Å². The molecule has 34 heavy (non-hydrogen) atoms. The molecule has 2 saturated heterocycles. The van der Waals surface area contributed by atoms with E-state index in [0.29, 0.717) is 11.6 Å². The topological polar surface area (TPSA) is 53.7 Å². The highest BCUT2D eigenvalue weighted by Gasteiger charge is 2.43. The Labute approximate surface area is 201 Å². The van der Waals surface area contributed by atoms with Crippen molar-refractivity contribution in [2.24, 2.45) is 0 Å². The van der Waals surface area contributed by atoms with Crippen molar-refractivity contribution in [1.82, 2.24) is 24.2 Å². The number of pyridine rings is 2. The smallest absolute Gasteiger partial charge is 0.257 e. The number of likely N-dealkylation sites (tertiary alicyclic amines) is 1. The van der Waals surface area contributed by atoms with Gasteiger partial charge in [0.25, 0.3) is 5.91 Å². The lowest BCUT2D eigenvalue weighted by atomic mass is 10.1. The fraction of sp³-hybridized carbons (Fsp3) is 0.269. The summed E-state index contributed by atoms with van der Waals surface area (Å²) in [7, 11) is 0. The van der Waals surface area contributed by atoms with Crippen molar-refractivity contribution in [3.63, 3.8) is 0 Å². The Kier molecular flexibility index (Phi) is 5.31. The van der Waals surface area contributed by atoms with Crippen molar-refractivity contribution in [2.75, 3.05) is 13.1 Å². The lowest BCUT2D eigenvalue weighted by Gasteiger charge is -2.41. The molecule has 2 atom stereocenters. The molecule has 0 N–H and O–H groups in total. The van der Waals surface area contributed by atoms with E-state index in [4.69, 9.17) is 16.6 Å². The van der Waals surface area contributed by atoms with E-state index in [1.165, 1.54) is 6.07 Å². The van der Waals surface area contributed by atoms with E-state index >= 15 is 0 Å². The molecule has 2 unspecified atom stereocenters. The summed E-state index contributed by atoms with van der Waals surface area (Å²) in [6, 6.07) is 16.1. The number of imidazole rings is 1. The highest BCUT2D eigenvalue weighted by Crippen LogP contribution is 2.34. The molecule has 6 nitrogen and oxygen atoms in total. The van der Waals surface area contributed by atoms with Crippen LogP contribution in [-0.2, 0) is 6.54 Å². The summed E-state index contributed by atoms with van der Waals surface area (Å²) in [5, 5.41) is 0.585. The van der Waals surface area contributed by atoms with Crippen molar-refractivity contribution in [3.8, 4) is 11.4 Å². The van der Waals surface area contributed by atoms with Crippen molar-refractivity contribution in [3.05, 3.63) is 89.1 Å². The molecule has 0 saturated carbocycles. The van der Waals surface area contributed by atoms with Crippen LogP contribution in [0.3, 0.4) is 0 Å². The van der Waals surface area contributed by atoms with E-state index in [0.717, 1.165) is 48.7 Å². The van der Waals surface area contributed by atoms with Crippen molar-refractivity contribution in [1.29, 1.82) is 0 Å². The summed E-state index contributed by atoms with van der Waals surface area (Å²) in [5.74, 6) is -0.661. The summed E-state index contributed by atoms with van der Waals surface area (Å²) in [6.45, 7) is 2.16. The number of rotatable bonds is 4. The Hall–Kier alpha value is -3.29. The molecule has 172 valence electrons. The summed E-state index contributed by atoms with van der Waals surface area (Å²) >= 11 is 6.05. The number of hydrogen-bond donors (Lipinski definition) is 0. The van der Waals surface area contributed by atoms with Crippen LogP contribution in [0.25, 0.3) is 17.0 Å². The van der Waals surface area contributed by atoms with E-state index in [1.807, 2.05) is 41.4 Å². The molecule has 0 radical (unpaired) electrons. The molecule has 5 heterocycles. The summed E-state index contributed by atoms with van der Waals surface area (Å²) in [6.07, 6.45) is 5.52. The van der Waals surface area contributed by atoms with Gasteiger partial charge >= 0.3 is 0 Å². The Morgan fingerprint density at radius 1 is 1.03 bits per heavy atom. The predicted molar refractivity (Wildman–Crippen MR) is 128 cm³/mol. The van der Waals surface area contributed by atoms with Gasteiger partial charge in [0.15, 0.2) is 0 Å². The van der Waals surface area contributed by atoms with Crippen LogP contribution < -0.4 is 0 Å². The molecule has 8 heteroatoms. The molecule has 1 amide bonds. The van der Waals surface area contributed by atoms with Crippen LogP contribution in [0.4, 0.5) is 4.39 Å². The number of carbonyl (C=O) groups is 1. The van der Waals surface area contributed by atoms with E-state index in [9.17, 15) is 9.18 Å². The minimum absolute atomic E-state index is 0.0714. The third-order valence-corrected chi connectivity index (χ3v) is 7.09. The lowest BCUT2D eigenvalue weighted by Crippen LogP contribution is -2.55. The Balaban J connectivity index is 1.29. The summed E-state index contributed by atoms with van der Waals surface area (Å²) < 4.78 is 16.4. The van der Waals surface area contributed by atoms with Crippen LogP contribution in [0, 0.1) is 5.82 Å². The normalized spacial score (nSPS) is 20.2. The summed E-state index contributed by atoms with van der Waals surface area (Å²) in [5.41, 5.74) is 3.68. The van der Waals surface area contributed by atoms with Crippen LogP contribution in [0.2, 0.25) is 5.02 Å². The molecule has 0 spiro atoms. The first-order chi connectivity index (χ1) is 16.6. The molecule has 2 fully saturated rings. The monoisotopic (exact) mass is 475 g/mol. The van der Waals surface area contributed by atoms with Gasteiger partial charge in [0.05, 0.1) is 22.0 Å². The third-order valence-electron chi connectivity index (χ3n) is 6.87. The zero-order valence-corrected chi connectivity index (χ0v) is 19.2. The summed E-state index contributed by atoms with van der Waals surface area (Å²) in [4.78, 5) is 26.8. The number of aromatic nitrogens is 3. The molecule has 0 aliphatic carbocycles. The van der Waals surface area contributed by atoms with Gasteiger partial charge in [0, 0.05) is 44.1 Å². The van der Waals surface area contributed by atoms with E-state index in [2.05, 4.69) is 14.3 Å². The second-order valence-corrected chi connectivity index (χ2v) is 9.41. The Bertz CT molecular complexity index is 1360. The average molecular weight is 476 g/mol. The third kappa shape index (κ3) is 3.65. The molecule has 1 aromatic carbocycles. The molecular formula is C26H23ClFN5O. The minimum Gasteiger partial charge on any atom is -0.330 e. The molecule has 6 rings (SSSR count). The number of fused-ring (bicyclic) bond motifs is 3. The van der Waals surface area contributed by atoms with Gasteiger partial charge in [-0.2, -0.15) is 0 Å². The molecule has 3 aromatic heterocycles. The predicted octanol–water partition coefficient (Wildman–Crippen LogP) is 4.68. The van der Waals surface area contributed by atoms with Crippen molar-refractivity contribution in [2.45, 2.75) is 31.5 Å². The fourth-order valence-electron chi connectivity index (χ4n) is 5.36. The maximum atomic E-state index is 14.3. The number of hydrogen-bond acceptors (Lipinski definition) is 4. The first kappa shape index (κ1) is 21.3. The SMILES string of the molecule is O=C(c1ccccc1F)N1C2CCC1CN(Cc1c(-c3ccc(Cl)cn3)nc3ccccn13)C2. The maximum Gasteiger partial charge on any atom is 0.257 e.